The Balaban J connectivity index is 1.40. The van der Waals surface area contributed by atoms with Crippen LogP contribution in [0, 0.1) is 11.6 Å². The number of halogens is 2. The molecule has 1 saturated heterocycles. The molecule has 1 fully saturated rings. The lowest BCUT2D eigenvalue weighted by Gasteiger charge is -2.35. The molecule has 0 spiro atoms. The molecule has 0 radical (unpaired) electrons. The van der Waals surface area contributed by atoms with E-state index < -0.39 is 11.4 Å². The SMILES string of the molecule is CN1CCN(Cc2ccc(C3Nc4cc(F)cc5c(=O)[nH]nc(c45)C3c3ccc(F)cc3)cc2)CC1. The lowest BCUT2D eigenvalue weighted by molar-refractivity contribution is 0.148. The molecule has 0 saturated carbocycles. The van der Waals surface area contributed by atoms with Crippen molar-refractivity contribution in [3.8, 4) is 0 Å². The average molecular weight is 488 g/mol. The second kappa shape index (κ2) is 9.11. The summed E-state index contributed by atoms with van der Waals surface area (Å²) >= 11 is 0. The smallest absolute Gasteiger partial charge is 0.272 e. The second-order valence-electron chi connectivity index (χ2n) is 9.79. The highest BCUT2D eigenvalue weighted by Gasteiger charge is 2.35. The van der Waals surface area contributed by atoms with Crippen LogP contribution in [-0.4, -0.2) is 53.2 Å². The van der Waals surface area contributed by atoms with Gasteiger partial charge < -0.3 is 10.2 Å². The Bertz CT molecular complexity index is 1460. The van der Waals surface area contributed by atoms with Crippen LogP contribution in [0.4, 0.5) is 14.5 Å². The van der Waals surface area contributed by atoms with Gasteiger partial charge in [0, 0.05) is 43.8 Å². The molecule has 4 aromatic rings. The average Bonchev–Trinajstić information content (AvgIpc) is 2.88. The van der Waals surface area contributed by atoms with Crippen molar-refractivity contribution < 1.29 is 8.78 Å². The van der Waals surface area contributed by atoms with Gasteiger partial charge in [0.25, 0.3) is 5.56 Å². The summed E-state index contributed by atoms with van der Waals surface area (Å²) in [6, 6.07) is 17.1. The zero-order chi connectivity index (χ0) is 24.8. The molecule has 2 aliphatic heterocycles. The maximum Gasteiger partial charge on any atom is 0.272 e. The molecule has 2 unspecified atom stereocenters. The molecule has 3 aromatic carbocycles. The largest absolute Gasteiger partial charge is 0.377 e. The summed E-state index contributed by atoms with van der Waals surface area (Å²) in [6.45, 7) is 5.13. The van der Waals surface area contributed by atoms with Crippen LogP contribution in [0.1, 0.15) is 34.3 Å². The number of likely N-dealkylation sites (N-methyl/N-ethyl adjacent to an activating group) is 1. The first-order chi connectivity index (χ1) is 17.5. The minimum Gasteiger partial charge on any atom is -0.377 e. The molecule has 1 aromatic heterocycles. The fourth-order valence-electron chi connectivity index (χ4n) is 5.43. The number of nitrogens with one attached hydrogen (secondary N) is 2. The van der Waals surface area contributed by atoms with Gasteiger partial charge in [-0.1, -0.05) is 36.4 Å². The van der Waals surface area contributed by atoms with Crippen molar-refractivity contribution in [1.82, 2.24) is 20.0 Å². The minimum absolute atomic E-state index is 0.246. The van der Waals surface area contributed by atoms with E-state index in [1.807, 2.05) is 0 Å². The first-order valence-corrected chi connectivity index (χ1v) is 12.2. The van der Waals surface area contributed by atoms with Crippen LogP contribution in [0.15, 0.2) is 65.5 Å². The maximum absolute atomic E-state index is 14.5. The highest BCUT2D eigenvalue weighted by molar-refractivity contribution is 5.97. The number of aromatic nitrogens is 2. The predicted octanol–water partition coefficient (Wildman–Crippen LogP) is 4.25. The molecule has 0 aliphatic carbocycles. The van der Waals surface area contributed by atoms with Gasteiger partial charge in [0.05, 0.1) is 23.0 Å². The van der Waals surface area contributed by atoms with Gasteiger partial charge >= 0.3 is 0 Å². The van der Waals surface area contributed by atoms with Gasteiger partial charge in [0.2, 0.25) is 0 Å². The number of anilines is 1. The number of hydrogen-bond donors (Lipinski definition) is 2. The van der Waals surface area contributed by atoms with E-state index in [0.29, 0.717) is 16.8 Å². The Kier molecular flexibility index (Phi) is 5.78. The highest BCUT2D eigenvalue weighted by atomic mass is 19.1. The molecule has 0 bridgehead atoms. The Hall–Kier alpha value is -3.62. The molecule has 2 N–H and O–H groups in total. The lowest BCUT2D eigenvalue weighted by atomic mass is 9.80. The molecule has 2 atom stereocenters. The van der Waals surface area contributed by atoms with E-state index in [1.165, 1.54) is 29.8 Å². The van der Waals surface area contributed by atoms with Gasteiger partial charge in [-0.15, -0.1) is 0 Å². The third-order valence-corrected chi connectivity index (χ3v) is 7.39. The van der Waals surface area contributed by atoms with Gasteiger partial charge in [-0.05, 0) is 48.0 Å². The fourth-order valence-corrected chi connectivity index (χ4v) is 5.43. The van der Waals surface area contributed by atoms with Crippen molar-refractivity contribution in [3.05, 3.63) is 105 Å². The van der Waals surface area contributed by atoms with E-state index in [9.17, 15) is 13.6 Å². The third-order valence-electron chi connectivity index (χ3n) is 7.39. The van der Waals surface area contributed by atoms with Crippen LogP contribution < -0.4 is 10.9 Å². The molecule has 2 aliphatic rings. The monoisotopic (exact) mass is 487 g/mol. The van der Waals surface area contributed by atoms with Gasteiger partial charge in [-0.25, -0.2) is 13.9 Å². The first kappa shape index (κ1) is 22.8. The predicted molar refractivity (Wildman–Crippen MR) is 136 cm³/mol. The van der Waals surface area contributed by atoms with Crippen LogP contribution in [0.5, 0.6) is 0 Å². The summed E-state index contributed by atoms with van der Waals surface area (Å²) in [7, 11) is 2.15. The van der Waals surface area contributed by atoms with E-state index >= 15 is 0 Å². The standard InChI is InChI=1S/C28H27F2N5O/c1-34-10-12-35(13-11-34)16-17-2-4-19(5-3-17)26-24(18-6-8-20(29)9-7-18)27-25-22(28(36)33-32-27)14-21(30)15-23(25)31-26/h2-9,14-15,24,26,31H,10-13,16H2,1H3,(H,33,36). The normalized spacial score (nSPS) is 20.4. The van der Waals surface area contributed by atoms with E-state index in [4.69, 9.17) is 0 Å². The molecule has 6 rings (SSSR count). The summed E-state index contributed by atoms with van der Waals surface area (Å²) in [5.41, 5.74) is 3.81. The molecule has 0 amide bonds. The highest BCUT2D eigenvalue weighted by Crippen LogP contribution is 2.46. The van der Waals surface area contributed by atoms with Crippen LogP contribution in [-0.2, 0) is 6.54 Å². The zero-order valence-electron chi connectivity index (χ0n) is 20.0. The van der Waals surface area contributed by atoms with Gasteiger partial charge in [0.1, 0.15) is 11.6 Å². The quantitative estimate of drug-likeness (QED) is 0.451. The topological polar surface area (TPSA) is 64.3 Å². The summed E-state index contributed by atoms with van der Waals surface area (Å²) in [6.07, 6.45) is 0. The van der Waals surface area contributed by atoms with E-state index in [0.717, 1.165) is 43.9 Å². The number of piperazine rings is 1. The van der Waals surface area contributed by atoms with Crippen LogP contribution in [0.25, 0.3) is 10.8 Å². The summed E-state index contributed by atoms with van der Waals surface area (Å²) in [5.74, 6) is -1.13. The van der Waals surface area contributed by atoms with Crippen LogP contribution in [0.3, 0.4) is 0 Å². The summed E-state index contributed by atoms with van der Waals surface area (Å²) in [5, 5.41) is 11.3. The van der Waals surface area contributed by atoms with Crippen molar-refractivity contribution in [2.45, 2.75) is 18.5 Å². The second-order valence-corrected chi connectivity index (χ2v) is 9.79. The Morgan fingerprint density at radius 3 is 2.33 bits per heavy atom. The maximum atomic E-state index is 14.5. The van der Waals surface area contributed by atoms with Crippen molar-refractivity contribution >= 4 is 16.5 Å². The van der Waals surface area contributed by atoms with Crippen molar-refractivity contribution in [1.29, 1.82) is 0 Å². The Morgan fingerprint density at radius 2 is 1.61 bits per heavy atom. The molecule has 3 heterocycles. The van der Waals surface area contributed by atoms with E-state index in [-0.39, 0.29) is 23.2 Å². The molecular weight excluding hydrogens is 460 g/mol. The number of hydrogen-bond acceptors (Lipinski definition) is 5. The summed E-state index contributed by atoms with van der Waals surface area (Å²) in [4.78, 5) is 17.3. The van der Waals surface area contributed by atoms with Crippen LogP contribution >= 0.6 is 0 Å². The van der Waals surface area contributed by atoms with Crippen molar-refractivity contribution in [2.75, 3.05) is 38.5 Å². The number of nitrogens with zero attached hydrogens (tertiary/aromatic N) is 3. The lowest BCUT2D eigenvalue weighted by Crippen LogP contribution is -2.43. The van der Waals surface area contributed by atoms with Crippen molar-refractivity contribution in [3.63, 3.8) is 0 Å². The van der Waals surface area contributed by atoms with Gasteiger partial charge in [-0.2, -0.15) is 5.10 Å². The molecule has 36 heavy (non-hydrogen) atoms. The number of H-pyrrole nitrogens is 1. The van der Waals surface area contributed by atoms with E-state index in [1.54, 1.807) is 12.1 Å². The fraction of sp³-hybridized carbons (Fsp3) is 0.286. The summed E-state index contributed by atoms with van der Waals surface area (Å²) < 4.78 is 28.2. The number of aromatic amines is 1. The van der Waals surface area contributed by atoms with E-state index in [2.05, 4.69) is 56.6 Å². The Labute approximate surface area is 207 Å². The number of benzene rings is 3. The minimum atomic E-state index is -0.492. The molecule has 6 nitrogen and oxygen atoms in total. The van der Waals surface area contributed by atoms with Crippen molar-refractivity contribution in [2.24, 2.45) is 0 Å². The van der Waals surface area contributed by atoms with Gasteiger partial charge in [-0.3, -0.25) is 9.69 Å². The van der Waals surface area contributed by atoms with Crippen LogP contribution in [0.2, 0.25) is 0 Å². The molecule has 8 heteroatoms. The molecular formula is C28H27F2N5O. The Morgan fingerprint density at radius 1 is 0.917 bits per heavy atom. The first-order valence-electron chi connectivity index (χ1n) is 12.2. The van der Waals surface area contributed by atoms with Gasteiger partial charge in [0.15, 0.2) is 0 Å². The third kappa shape index (κ3) is 4.16. The number of rotatable bonds is 4. The molecule has 184 valence electrons. The zero-order valence-corrected chi connectivity index (χ0v) is 20.0.